The SMILES string of the molecule is CN(CCC(F)(F)F)C(=O)C=Cc1ccc(C(=O)O)cc1. The Hall–Kier alpha value is -2.31. The molecule has 0 aliphatic carbocycles. The van der Waals surface area contributed by atoms with Gasteiger partial charge in [-0.15, -0.1) is 0 Å². The van der Waals surface area contributed by atoms with Crippen LogP contribution in [0.2, 0.25) is 0 Å². The maximum atomic E-state index is 12.0. The van der Waals surface area contributed by atoms with Crippen LogP contribution >= 0.6 is 0 Å². The number of benzene rings is 1. The Morgan fingerprint density at radius 2 is 1.81 bits per heavy atom. The largest absolute Gasteiger partial charge is 0.478 e. The number of halogens is 3. The molecule has 0 aliphatic rings. The van der Waals surface area contributed by atoms with Crippen LogP contribution in [0.5, 0.6) is 0 Å². The highest BCUT2D eigenvalue weighted by atomic mass is 19.4. The summed E-state index contributed by atoms with van der Waals surface area (Å²) in [4.78, 5) is 23.2. The highest BCUT2D eigenvalue weighted by Crippen LogP contribution is 2.19. The van der Waals surface area contributed by atoms with E-state index in [0.29, 0.717) is 5.56 Å². The molecular weight excluding hydrogens is 287 g/mol. The van der Waals surface area contributed by atoms with E-state index in [1.54, 1.807) is 0 Å². The second kappa shape index (κ2) is 6.92. The second-order valence-corrected chi connectivity index (χ2v) is 4.39. The number of nitrogens with zero attached hydrogens (tertiary/aromatic N) is 1. The zero-order valence-electron chi connectivity index (χ0n) is 11.2. The first-order valence-corrected chi connectivity index (χ1v) is 6.02. The number of carbonyl (C=O) groups is 2. The molecule has 1 aromatic carbocycles. The van der Waals surface area contributed by atoms with E-state index in [9.17, 15) is 22.8 Å². The third-order valence-electron chi connectivity index (χ3n) is 2.68. The molecule has 0 unspecified atom stereocenters. The smallest absolute Gasteiger partial charge is 0.390 e. The second-order valence-electron chi connectivity index (χ2n) is 4.39. The minimum absolute atomic E-state index is 0.112. The van der Waals surface area contributed by atoms with Crippen molar-refractivity contribution < 1.29 is 27.9 Å². The Kier molecular flexibility index (Phi) is 5.52. The molecule has 4 nitrogen and oxygen atoms in total. The zero-order valence-corrected chi connectivity index (χ0v) is 11.2. The lowest BCUT2D eigenvalue weighted by molar-refractivity contribution is -0.142. The first-order chi connectivity index (χ1) is 9.69. The predicted octanol–water partition coefficient (Wildman–Crippen LogP) is 2.81. The van der Waals surface area contributed by atoms with Gasteiger partial charge in [0.25, 0.3) is 0 Å². The Labute approximate surface area is 119 Å². The summed E-state index contributed by atoms with van der Waals surface area (Å²) in [5.41, 5.74) is 0.693. The lowest BCUT2D eigenvalue weighted by Gasteiger charge is -2.16. The number of rotatable bonds is 5. The summed E-state index contributed by atoms with van der Waals surface area (Å²) in [5.74, 6) is -1.62. The van der Waals surface area contributed by atoms with E-state index in [0.717, 1.165) is 11.0 Å². The van der Waals surface area contributed by atoms with Gasteiger partial charge in [0.1, 0.15) is 0 Å². The number of carbonyl (C=O) groups excluding carboxylic acids is 1. The maximum absolute atomic E-state index is 12.0. The number of hydrogen-bond donors (Lipinski definition) is 1. The molecule has 0 radical (unpaired) electrons. The topological polar surface area (TPSA) is 57.6 Å². The molecule has 1 N–H and O–H groups in total. The number of hydrogen-bond acceptors (Lipinski definition) is 2. The molecule has 0 saturated carbocycles. The van der Waals surface area contributed by atoms with Gasteiger partial charge in [-0.05, 0) is 23.8 Å². The van der Waals surface area contributed by atoms with Crippen molar-refractivity contribution >= 4 is 18.0 Å². The average Bonchev–Trinajstić information content (AvgIpc) is 2.41. The van der Waals surface area contributed by atoms with Gasteiger partial charge in [-0.1, -0.05) is 12.1 Å². The fraction of sp³-hybridized carbons (Fsp3) is 0.286. The lowest BCUT2D eigenvalue weighted by Crippen LogP contribution is -2.29. The Morgan fingerprint density at radius 3 is 2.29 bits per heavy atom. The molecule has 0 bridgehead atoms. The fourth-order valence-electron chi connectivity index (χ4n) is 1.44. The first-order valence-electron chi connectivity index (χ1n) is 6.02. The summed E-state index contributed by atoms with van der Waals surface area (Å²) >= 11 is 0. The monoisotopic (exact) mass is 301 g/mol. The van der Waals surface area contributed by atoms with E-state index in [-0.39, 0.29) is 5.56 Å². The zero-order chi connectivity index (χ0) is 16.0. The molecule has 0 aliphatic heterocycles. The van der Waals surface area contributed by atoms with E-state index in [2.05, 4.69) is 0 Å². The minimum atomic E-state index is -4.30. The van der Waals surface area contributed by atoms with E-state index < -0.39 is 31.0 Å². The predicted molar refractivity (Wildman–Crippen MR) is 70.7 cm³/mol. The molecule has 1 rings (SSSR count). The minimum Gasteiger partial charge on any atom is -0.478 e. The van der Waals surface area contributed by atoms with Gasteiger partial charge in [-0.2, -0.15) is 13.2 Å². The van der Waals surface area contributed by atoms with Crippen LogP contribution in [-0.4, -0.2) is 41.7 Å². The Morgan fingerprint density at radius 1 is 1.24 bits per heavy atom. The molecular formula is C14H14F3NO3. The molecule has 1 aromatic rings. The van der Waals surface area contributed by atoms with E-state index in [1.165, 1.54) is 37.4 Å². The standard InChI is InChI=1S/C14H14F3NO3/c1-18(9-8-14(15,16)17)12(19)7-4-10-2-5-11(6-3-10)13(20)21/h2-7H,8-9H2,1H3,(H,20,21). The van der Waals surface area contributed by atoms with Crippen LogP contribution in [0.4, 0.5) is 13.2 Å². The highest BCUT2D eigenvalue weighted by molar-refractivity contribution is 5.92. The van der Waals surface area contributed by atoms with Crippen molar-refractivity contribution in [3.05, 3.63) is 41.5 Å². The summed E-state index contributed by atoms with van der Waals surface area (Å²) in [7, 11) is 1.28. The van der Waals surface area contributed by atoms with Crippen molar-refractivity contribution in [2.75, 3.05) is 13.6 Å². The molecule has 1 amide bonds. The summed E-state index contributed by atoms with van der Waals surface area (Å²) in [6.07, 6.45) is -2.80. The number of amides is 1. The van der Waals surface area contributed by atoms with Crippen LogP contribution in [-0.2, 0) is 4.79 Å². The average molecular weight is 301 g/mol. The summed E-state index contributed by atoms with van der Waals surface area (Å²) in [6, 6.07) is 5.76. The number of likely N-dealkylation sites (N-methyl/N-ethyl adjacent to an activating group) is 1. The van der Waals surface area contributed by atoms with E-state index in [1.807, 2.05) is 0 Å². The van der Waals surface area contributed by atoms with E-state index >= 15 is 0 Å². The number of alkyl halides is 3. The number of aromatic carboxylic acids is 1. The van der Waals surface area contributed by atoms with Gasteiger partial charge in [-0.25, -0.2) is 4.79 Å². The third-order valence-corrected chi connectivity index (χ3v) is 2.68. The quantitative estimate of drug-likeness (QED) is 0.851. The molecule has 0 spiro atoms. The van der Waals surface area contributed by atoms with Crippen LogP contribution < -0.4 is 0 Å². The summed E-state index contributed by atoms with van der Waals surface area (Å²) in [5, 5.41) is 8.72. The van der Waals surface area contributed by atoms with Crippen molar-refractivity contribution in [2.24, 2.45) is 0 Å². The first kappa shape index (κ1) is 16.7. The molecule has 0 fully saturated rings. The molecule has 0 heterocycles. The molecule has 21 heavy (non-hydrogen) atoms. The van der Waals surface area contributed by atoms with E-state index in [4.69, 9.17) is 5.11 Å². The van der Waals surface area contributed by atoms with Gasteiger partial charge in [0, 0.05) is 19.7 Å². The van der Waals surface area contributed by atoms with Crippen LogP contribution in [0.15, 0.2) is 30.3 Å². The molecule has 0 aromatic heterocycles. The molecule has 0 atom stereocenters. The third kappa shape index (κ3) is 6.11. The summed E-state index contributed by atoms with van der Waals surface area (Å²) in [6.45, 7) is -0.412. The van der Waals surface area contributed by atoms with Gasteiger partial charge >= 0.3 is 12.1 Å². The van der Waals surface area contributed by atoms with Crippen molar-refractivity contribution in [2.45, 2.75) is 12.6 Å². The van der Waals surface area contributed by atoms with Crippen molar-refractivity contribution in [1.82, 2.24) is 4.90 Å². The van der Waals surface area contributed by atoms with Gasteiger partial charge in [0.05, 0.1) is 12.0 Å². The maximum Gasteiger partial charge on any atom is 0.390 e. The van der Waals surface area contributed by atoms with Crippen molar-refractivity contribution in [3.8, 4) is 0 Å². The summed E-state index contributed by atoms with van der Waals surface area (Å²) < 4.78 is 36.1. The van der Waals surface area contributed by atoms with Crippen molar-refractivity contribution in [3.63, 3.8) is 0 Å². The fourth-order valence-corrected chi connectivity index (χ4v) is 1.44. The molecule has 0 saturated heterocycles. The Balaban J connectivity index is 2.59. The van der Waals surface area contributed by atoms with Crippen LogP contribution in [0, 0.1) is 0 Å². The van der Waals surface area contributed by atoms with Gasteiger partial charge in [0.15, 0.2) is 0 Å². The van der Waals surface area contributed by atoms with Gasteiger partial charge < -0.3 is 10.0 Å². The normalized spacial score (nSPS) is 11.6. The van der Waals surface area contributed by atoms with Crippen LogP contribution in [0.25, 0.3) is 6.08 Å². The number of carboxylic acids is 1. The molecule has 114 valence electrons. The van der Waals surface area contributed by atoms with Crippen LogP contribution in [0.1, 0.15) is 22.3 Å². The lowest BCUT2D eigenvalue weighted by atomic mass is 10.1. The van der Waals surface area contributed by atoms with Crippen LogP contribution in [0.3, 0.4) is 0 Å². The number of carboxylic acid groups (broad SMARTS) is 1. The molecule has 7 heteroatoms. The highest BCUT2D eigenvalue weighted by Gasteiger charge is 2.27. The van der Waals surface area contributed by atoms with Gasteiger partial charge in [0.2, 0.25) is 5.91 Å². The Bertz CT molecular complexity index is 535. The van der Waals surface area contributed by atoms with Gasteiger partial charge in [-0.3, -0.25) is 4.79 Å². The van der Waals surface area contributed by atoms with Crippen molar-refractivity contribution in [1.29, 1.82) is 0 Å².